The number of para-hydroxylation sites is 1. The molecule has 2 heterocycles. The molecule has 5 rings (SSSR count). The normalized spacial score (nSPS) is 14.5. The summed E-state index contributed by atoms with van der Waals surface area (Å²) in [6, 6.07) is 15.2. The second kappa shape index (κ2) is 11.9. The van der Waals surface area contributed by atoms with E-state index in [1.807, 2.05) is 0 Å². The highest BCUT2D eigenvalue weighted by atomic mass is 32.2. The molecule has 0 fully saturated rings. The molecule has 42 heavy (non-hydrogen) atoms. The first-order valence-corrected chi connectivity index (χ1v) is 13.0. The number of halogens is 4. The third kappa shape index (κ3) is 5.77. The lowest BCUT2D eigenvalue weighted by molar-refractivity contribution is 0.0688. The Bertz CT molecular complexity index is 1700. The van der Waals surface area contributed by atoms with Crippen LogP contribution in [0.15, 0.2) is 77.9 Å². The fourth-order valence-corrected chi connectivity index (χ4v) is 5.32. The van der Waals surface area contributed by atoms with Crippen molar-refractivity contribution >= 4 is 28.7 Å². The number of aromatic nitrogens is 1. The number of benzene rings is 3. The Morgan fingerprint density at radius 2 is 1.64 bits per heavy atom. The third-order valence-corrected chi connectivity index (χ3v) is 7.26. The number of rotatable bonds is 8. The predicted octanol–water partition coefficient (Wildman–Crippen LogP) is 6.17. The lowest BCUT2D eigenvalue weighted by atomic mass is 10.1. The Morgan fingerprint density at radius 1 is 0.952 bits per heavy atom. The number of carbonyl (C=O) groups is 2. The van der Waals surface area contributed by atoms with Gasteiger partial charge in [0.05, 0.1) is 12.8 Å². The molecule has 1 aliphatic heterocycles. The molecular weight excluding hydrogens is 578 g/mol. The van der Waals surface area contributed by atoms with Crippen LogP contribution in [0.1, 0.15) is 43.0 Å². The smallest absolute Gasteiger partial charge is 0.354 e. The third-order valence-electron chi connectivity index (χ3n) is 6.04. The first kappa shape index (κ1) is 28.6. The van der Waals surface area contributed by atoms with E-state index in [2.05, 4.69) is 10.1 Å². The van der Waals surface area contributed by atoms with Crippen molar-refractivity contribution < 1.29 is 41.7 Å². The number of carboxylic acid groups (broad SMARTS) is 1. The Morgan fingerprint density at radius 3 is 2.31 bits per heavy atom. The van der Waals surface area contributed by atoms with E-state index in [1.165, 1.54) is 43.5 Å². The molecule has 0 saturated carbocycles. The highest BCUT2D eigenvalue weighted by Crippen LogP contribution is 2.48. The standard InChI is InChI=1S/C29H19F4N3O5S/c1-40-25-19(5-3-7-23(25)41-14-18-4-2-6-22(34-18)29(38)39)28-36(27(37)24-20(32)12-17(31)13-21(24)33)35-26(42-28)15-8-10-16(30)11-9-15/h2-13,28H,14H2,1H3,(H,38,39). The van der Waals surface area contributed by atoms with Gasteiger partial charge >= 0.3 is 5.97 Å². The van der Waals surface area contributed by atoms with Crippen LogP contribution < -0.4 is 9.47 Å². The zero-order chi connectivity index (χ0) is 30.0. The van der Waals surface area contributed by atoms with Crippen molar-refractivity contribution in [3.05, 3.63) is 124 Å². The maximum absolute atomic E-state index is 14.6. The second-order valence-electron chi connectivity index (χ2n) is 8.76. The maximum atomic E-state index is 14.6. The summed E-state index contributed by atoms with van der Waals surface area (Å²) >= 11 is 1.03. The Hall–Kier alpha value is -4.91. The van der Waals surface area contributed by atoms with Crippen molar-refractivity contribution in [3.63, 3.8) is 0 Å². The number of thioether (sulfide) groups is 1. The van der Waals surface area contributed by atoms with Gasteiger partial charge in [-0.15, -0.1) is 0 Å². The zero-order valence-electron chi connectivity index (χ0n) is 21.6. The largest absolute Gasteiger partial charge is 0.492 e. The first-order chi connectivity index (χ1) is 20.2. The van der Waals surface area contributed by atoms with Crippen LogP contribution in [0.4, 0.5) is 17.6 Å². The number of amides is 1. The molecule has 4 aromatic rings. The van der Waals surface area contributed by atoms with E-state index < -0.39 is 46.1 Å². The molecule has 1 atom stereocenters. The van der Waals surface area contributed by atoms with Crippen LogP contribution in [0.2, 0.25) is 0 Å². The fraction of sp³-hybridized carbons (Fsp3) is 0.103. The van der Waals surface area contributed by atoms with E-state index in [4.69, 9.17) is 9.47 Å². The highest BCUT2D eigenvalue weighted by molar-refractivity contribution is 8.14. The van der Waals surface area contributed by atoms with Gasteiger partial charge in [0.15, 0.2) is 11.5 Å². The molecule has 1 N–H and O–H groups in total. The molecule has 1 aromatic heterocycles. The summed E-state index contributed by atoms with van der Waals surface area (Å²) in [5.41, 5.74) is -0.110. The molecule has 13 heteroatoms. The number of hydrazone groups is 1. The topological polar surface area (TPSA) is 101 Å². The number of ether oxygens (including phenoxy) is 2. The number of hydrogen-bond acceptors (Lipinski definition) is 7. The average molecular weight is 598 g/mol. The number of pyridine rings is 1. The first-order valence-electron chi connectivity index (χ1n) is 12.1. The fourth-order valence-electron chi connectivity index (χ4n) is 4.15. The summed E-state index contributed by atoms with van der Waals surface area (Å²) in [7, 11) is 1.35. The van der Waals surface area contributed by atoms with Gasteiger partial charge in [0, 0.05) is 23.3 Å². The number of aromatic carboxylic acids is 1. The van der Waals surface area contributed by atoms with E-state index in [0.717, 1.165) is 16.8 Å². The van der Waals surface area contributed by atoms with Gasteiger partial charge in [-0.2, -0.15) is 5.10 Å². The van der Waals surface area contributed by atoms with Gasteiger partial charge in [-0.3, -0.25) is 4.79 Å². The van der Waals surface area contributed by atoms with Gasteiger partial charge in [-0.1, -0.05) is 30.0 Å². The molecule has 0 saturated heterocycles. The van der Waals surface area contributed by atoms with Crippen molar-refractivity contribution in [2.24, 2.45) is 5.10 Å². The molecule has 8 nitrogen and oxygen atoms in total. The van der Waals surface area contributed by atoms with E-state index in [0.29, 0.717) is 29.0 Å². The van der Waals surface area contributed by atoms with Crippen LogP contribution in [0, 0.1) is 23.3 Å². The Kier molecular flexibility index (Phi) is 8.11. The molecule has 1 aliphatic rings. The quantitative estimate of drug-likeness (QED) is 0.242. The number of nitrogens with zero attached hydrogens (tertiary/aromatic N) is 3. The minimum absolute atomic E-state index is 0.134. The van der Waals surface area contributed by atoms with E-state index in [9.17, 15) is 32.3 Å². The van der Waals surface area contributed by atoms with Crippen LogP contribution in [0.3, 0.4) is 0 Å². The number of methoxy groups -OCH3 is 1. The Balaban J connectivity index is 1.53. The molecule has 214 valence electrons. The predicted molar refractivity (Wildman–Crippen MR) is 144 cm³/mol. The molecule has 0 radical (unpaired) electrons. The molecule has 1 amide bonds. The van der Waals surface area contributed by atoms with Crippen molar-refractivity contribution in [2.45, 2.75) is 12.0 Å². The van der Waals surface area contributed by atoms with Gasteiger partial charge in [-0.05, 0) is 42.5 Å². The summed E-state index contributed by atoms with van der Waals surface area (Å²) in [6.07, 6.45) is 0. The van der Waals surface area contributed by atoms with Crippen molar-refractivity contribution in [2.75, 3.05) is 7.11 Å². The molecule has 1 unspecified atom stereocenters. The number of hydrogen-bond donors (Lipinski definition) is 1. The molecular formula is C29H19F4N3O5S. The van der Waals surface area contributed by atoms with Gasteiger partial charge in [-0.25, -0.2) is 32.3 Å². The van der Waals surface area contributed by atoms with Gasteiger partial charge in [0.25, 0.3) is 5.91 Å². The summed E-state index contributed by atoms with van der Waals surface area (Å²) in [4.78, 5) is 28.8. The Labute approximate surface area is 240 Å². The molecule has 0 spiro atoms. The lowest BCUT2D eigenvalue weighted by Crippen LogP contribution is -2.28. The van der Waals surface area contributed by atoms with Gasteiger partial charge < -0.3 is 14.6 Å². The zero-order valence-corrected chi connectivity index (χ0v) is 22.4. The van der Waals surface area contributed by atoms with Crippen LogP contribution in [0.5, 0.6) is 11.5 Å². The summed E-state index contributed by atoms with van der Waals surface area (Å²) in [6.45, 7) is -0.134. The summed E-state index contributed by atoms with van der Waals surface area (Å²) in [5, 5.41) is 13.5. The average Bonchev–Trinajstić information content (AvgIpc) is 3.41. The van der Waals surface area contributed by atoms with Crippen LogP contribution in [-0.2, 0) is 6.61 Å². The second-order valence-corrected chi connectivity index (χ2v) is 9.83. The van der Waals surface area contributed by atoms with E-state index in [-0.39, 0.29) is 28.8 Å². The van der Waals surface area contributed by atoms with Crippen LogP contribution in [-0.4, -0.2) is 39.1 Å². The van der Waals surface area contributed by atoms with Crippen molar-refractivity contribution in [1.82, 2.24) is 9.99 Å². The minimum atomic E-state index is -1.41. The molecule has 0 bridgehead atoms. The maximum Gasteiger partial charge on any atom is 0.354 e. The van der Waals surface area contributed by atoms with Crippen molar-refractivity contribution in [3.8, 4) is 11.5 Å². The number of carboxylic acids is 1. The van der Waals surface area contributed by atoms with Gasteiger partial charge in [0.1, 0.15) is 51.6 Å². The molecule has 0 aliphatic carbocycles. The van der Waals surface area contributed by atoms with Crippen LogP contribution in [0.25, 0.3) is 0 Å². The summed E-state index contributed by atoms with van der Waals surface area (Å²) in [5.74, 6) is -6.57. The van der Waals surface area contributed by atoms with Gasteiger partial charge in [0.2, 0.25) is 0 Å². The van der Waals surface area contributed by atoms with E-state index >= 15 is 0 Å². The van der Waals surface area contributed by atoms with Crippen molar-refractivity contribution in [1.29, 1.82) is 0 Å². The lowest BCUT2D eigenvalue weighted by Gasteiger charge is -2.24. The number of carbonyl (C=O) groups excluding carboxylic acids is 1. The minimum Gasteiger partial charge on any atom is -0.492 e. The monoisotopic (exact) mass is 597 g/mol. The van der Waals surface area contributed by atoms with E-state index in [1.54, 1.807) is 24.3 Å². The molecule has 3 aromatic carbocycles. The highest BCUT2D eigenvalue weighted by Gasteiger charge is 2.39. The van der Waals surface area contributed by atoms with Crippen LogP contribution >= 0.6 is 11.8 Å². The summed E-state index contributed by atoms with van der Waals surface area (Å²) < 4.78 is 67.9. The SMILES string of the molecule is COc1c(OCc2cccc(C(=O)O)n2)cccc1C1SC(c2ccc(F)cc2)=NN1C(=O)c1c(F)cc(F)cc1F.